The molecule has 0 spiro atoms. The van der Waals surface area contributed by atoms with E-state index in [2.05, 4.69) is 65.7 Å². The zero-order valence-corrected chi connectivity index (χ0v) is 71.6. The van der Waals surface area contributed by atoms with Crippen LogP contribution in [0.1, 0.15) is 220 Å². The number of hydrogen-bond donors (Lipinski definition) is 9. The standard InChI is InChI=1S/C97H106N12O9.BrH.Fe/c1-94(48-21-7-22-49-94)90(114)106-68-36-17-13-32-63(68)83-72-42-43-73(100-72)84(64-33-14-18-37-69(64)107-91(115)95(2)50-23-8-24-51-95)75-46-47-77(102-75)86(66-35-16-20-39-71(66)109-93(117)97(4)54-27-10-28-55-97)87-67(58-78(104-87)85(76-45-44-74(83)101-76)65-34-15-19-38-70(65)108-92(116)96(3)52-25-9-26-53-96)81(110)40-29-41-82(111)103-79(56-61-30-11-6-12-31-61)88(112)105-80(89(113)118-5)57-62-59-98-60-99-62;;/h6,11-20,30-39,42-47,58-60,79-80,100,104H,7-10,21-29,40-41,48-57H2,1-5H3,(H,98,99)(H,103,111)(H,105,112)(H,106,114)(H,107,115)(H,108,116)(H,109,117);1H;/q;;+3/p-1/t79-,80?;;/m1../s1. The Morgan fingerprint density at radius 2 is 0.817 bits per heavy atom. The second-order valence-corrected chi connectivity index (χ2v) is 34.1. The van der Waals surface area contributed by atoms with Gasteiger partial charge in [0.25, 0.3) is 0 Å². The minimum Gasteiger partial charge on any atom is -1.00 e. The van der Waals surface area contributed by atoms with E-state index in [9.17, 15) is 24.0 Å². The largest absolute Gasteiger partial charge is 3.00 e. The third-order valence-corrected chi connectivity index (χ3v) is 25.5. The van der Waals surface area contributed by atoms with Crippen LogP contribution in [0.25, 0.3) is 90.9 Å². The molecule has 1 radical (unpaired) electrons. The monoisotopic (exact) mass is 1720 g/mol. The van der Waals surface area contributed by atoms with Crippen molar-refractivity contribution >= 4 is 116 Å². The summed E-state index contributed by atoms with van der Waals surface area (Å²) < 4.78 is 5.13. The van der Waals surface area contributed by atoms with Gasteiger partial charge in [0.15, 0.2) is 5.78 Å². The molecule has 4 fully saturated rings. The molecule has 4 aliphatic carbocycles. The number of imidazole rings is 1. The van der Waals surface area contributed by atoms with Crippen molar-refractivity contribution in [1.82, 2.24) is 40.5 Å². The van der Waals surface area contributed by atoms with E-state index in [0.29, 0.717) is 143 Å². The van der Waals surface area contributed by atoms with Crippen LogP contribution in [0.15, 0.2) is 158 Å². The van der Waals surface area contributed by atoms with Gasteiger partial charge in [0.1, 0.15) is 12.1 Å². The number of H-pyrrole nitrogens is 3. The Bertz CT molecular complexity index is 5570. The number of Topliss-reactive ketones (excluding diaryl/α,β-unsaturated/α-hetero) is 1. The number of nitrogens with zero attached hydrogens (tertiary/aromatic N) is 3. The Morgan fingerprint density at radius 3 is 1.22 bits per heavy atom. The molecule has 621 valence electrons. The van der Waals surface area contributed by atoms with Crippen LogP contribution in [0.2, 0.25) is 0 Å². The van der Waals surface area contributed by atoms with E-state index in [-0.39, 0.29) is 101 Å². The van der Waals surface area contributed by atoms with Gasteiger partial charge in [-0.15, -0.1) is 0 Å². The van der Waals surface area contributed by atoms with Crippen molar-refractivity contribution in [3.8, 4) is 44.5 Å². The van der Waals surface area contributed by atoms with Gasteiger partial charge in [-0.05, 0) is 130 Å². The zero-order valence-electron chi connectivity index (χ0n) is 68.9. The number of methoxy groups -OCH3 is 1. The van der Waals surface area contributed by atoms with Gasteiger partial charge in [0.2, 0.25) is 35.4 Å². The number of fused-ring (bicyclic) bond motifs is 8. The molecule has 21 nitrogen and oxygen atoms in total. The summed E-state index contributed by atoms with van der Waals surface area (Å²) >= 11 is 0. The number of nitrogens with one attached hydrogen (secondary N) is 9. The summed E-state index contributed by atoms with van der Waals surface area (Å²) in [6.45, 7) is 8.16. The zero-order chi connectivity index (χ0) is 82.1. The number of aromatic nitrogens is 6. The first-order valence-electron chi connectivity index (χ1n) is 42.2. The van der Waals surface area contributed by atoms with E-state index in [4.69, 9.17) is 14.7 Å². The van der Waals surface area contributed by atoms with Crippen LogP contribution in [0.3, 0.4) is 0 Å². The Hall–Kier alpha value is -11.1. The number of anilines is 4. The van der Waals surface area contributed by atoms with Crippen LogP contribution in [0, 0.1) is 21.7 Å². The number of rotatable bonds is 25. The average molecular weight is 1720 g/mol. The fourth-order valence-electron chi connectivity index (χ4n) is 18.3. The number of ketones is 1. The van der Waals surface area contributed by atoms with E-state index in [1.54, 1.807) is 6.20 Å². The van der Waals surface area contributed by atoms with Crippen LogP contribution in [0.4, 0.5) is 22.7 Å². The predicted molar refractivity (Wildman–Crippen MR) is 466 cm³/mol. The number of amides is 6. The van der Waals surface area contributed by atoms with Gasteiger partial charge in [0.05, 0.1) is 41.7 Å². The van der Waals surface area contributed by atoms with Crippen LogP contribution >= 0.6 is 0 Å². The van der Waals surface area contributed by atoms with Crippen LogP contribution in [-0.2, 0) is 68.2 Å². The summed E-state index contributed by atoms with van der Waals surface area (Å²) in [7, 11) is 1.24. The SMILES string of the molecule is COC(=O)C(Cc1cnc[nH]1)NC(=O)[C@@H](Cc1ccccc1)NC(=O)CCCC(=O)c1cc2[nH]c1c(-c1ccccc1NC(=O)C1(C)CCCCC1)c1nc(c(-c3ccccc3NC(=O)C3(C)CCCCC3)c3ccc([nH]3)c(-c3ccccc3NC(=O)C3(C)CCCCC3)c3nc(c2-c2ccccc2NC(=O)C2(C)CCCCC2)C=C3)C=C1.[Br-].[Fe+3]. The molecule has 4 saturated carbocycles. The fraction of sp³-hybridized carbons (Fsp3) is 0.371. The van der Waals surface area contributed by atoms with Gasteiger partial charge in [-0.25, -0.2) is 19.7 Å². The number of ether oxygens (including phenoxy) is 1. The number of carbonyl (C=O) groups excluding carboxylic acids is 8. The molecule has 15 rings (SSSR count). The first-order chi connectivity index (χ1) is 57.2. The molecule has 6 aliphatic rings. The molecule has 6 heterocycles. The summed E-state index contributed by atoms with van der Waals surface area (Å²) in [6, 6.07) is 43.5. The third-order valence-electron chi connectivity index (χ3n) is 25.5. The van der Waals surface area contributed by atoms with E-state index in [1.807, 2.05) is 184 Å². The van der Waals surface area contributed by atoms with Crippen LogP contribution in [-0.4, -0.2) is 96.3 Å². The van der Waals surface area contributed by atoms with Crippen molar-refractivity contribution in [3.63, 3.8) is 0 Å². The molecule has 23 heteroatoms. The third kappa shape index (κ3) is 19.0. The van der Waals surface area contributed by atoms with Gasteiger partial charge in [-0.1, -0.05) is 208 Å². The van der Waals surface area contributed by atoms with Gasteiger partial charge in [-0.3, -0.25) is 33.6 Å². The molecule has 4 aromatic heterocycles. The van der Waals surface area contributed by atoms with Crippen molar-refractivity contribution in [2.24, 2.45) is 21.7 Å². The fourth-order valence-corrected chi connectivity index (χ4v) is 18.3. The van der Waals surface area contributed by atoms with E-state index in [1.165, 1.54) is 13.4 Å². The topological polar surface area (TPSA) is 304 Å². The summed E-state index contributed by atoms with van der Waals surface area (Å²) in [4.78, 5) is 145. The average Bonchev–Trinajstić information content (AvgIpc) is 1.59. The summed E-state index contributed by atoms with van der Waals surface area (Å²) in [5, 5.41) is 19.5. The number of esters is 1. The molecule has 9 N–H and O–H groups in total. The normalized spacial score (nSPS) is 16.6. The van der Waals surface area contributed by atoms with Gasteiger partial charge >= 0.3 is 23.0 Å². The second-order valence-electron chi connectivity index (χ2n) is 34.1. The number of benzene rings is 5. The molecule has 8 bridgehead atoms. The molecular weight excluding hydrogens is 1610 g/mol. The number of aromatic amines is 3. The Labute approximate surface area is 721 Å². The minimum atomic E-state index is -1.16. The Kier molecular flexibility index (Phi) is 27.5. The second kappa shape index (κ2) is 38.1. The van der Waals surface area contributed by atoms with Crippen LogP contribution < -0.4 is 48.9 Å². The van der Waals surface area contributed by atoms with Crippen molar-refractivity contribution < 1.29 is 77.1 Å². The molecule has 0 saturated heterocycles. The molecule has 9 aromatic rings. The van der Waals surface area contributed by atoms with Gasteiger partial charge < -0.3 is 68.6 Å². The maximum Gasteiger partial charge on any atom is 3.00 e. The van der Waals surface area contributed by atoms with Crippen molar-refractivity contribution in [2.45, 2.75) is 200 Å². The van der Waals surface area contributed by atoms with E-state index >= 15 is 14.4 Å². The summed E-state index contributed by atoms with van der Waals surface area (Å²) in [5.41, 5.74) is 9.69. The maximum atomic E-state index is 16.4. The molecule has 1 unspecified atom stereocenters. The summed E-state index contributed by atoms with van der Waals surface area (Å²) in [5.74, 6) is -2.60. The molecular formula is C97H106BrFeN12O9+2. The number of halogens is 1. The van der Waals surface area contributed by atoms with E-state index < -0.39 is 51.5 Å². The Balaban J connectivity index is 0.00000622. The van der Waals surface area contributed by atoms with Crippen molar-refractivity contribution in [2.75, 3.05) is 28.4 Å². The molecule has 2 atom stereocenters. The van der Waals surface area contributed by atoms with Gasteiger partial charge in [-0.2, -0.15) is 0 Å². The molecule has 6 amide bonds. The molecule has 120 heavy (non-hydrogen) atoms. The smallest absolute Gasteiger partial charge is 1.00 e. The quantitative estimate of drug-likeness (QED) is 0.0147. The van der Waals surface area contributed by atoms with E-state index in [0.717, 1.165) is 108 Å². The molecule has 2 aliphatic heterocycles. The Morgan fingerprint density at radius 1 is 0.433 bits per heavy atom. The molecule has 5 aromatic carbocycles. The number of para-hydroxylation sites is 4. The van der Waals surface area contributed by atoms with Crippen molar-refractivity contribution in [3.05, 3.63) is 198 Å². The summed E-state index contributed by atoms with van der Waals surface area (Å²) in [6.07, 6.45) is 27.9. The van der Waals surface area contributed by atoms with Gasteiger partial charge in [0, 0.05) is 149 Å². The number of carbonyl (C=O) groups is 8. The van der Waals surface area contributed by atoms with Crippen LogP contribution in [0.5, 0.6) is 0 Å². The first-order valence-corrected chi connectivity index (χ1v) is 42.2. The maximum absolute atomic E-state index is 16.4. The van der Waals surface area contributed by atoms with Crippen molar-refractivity contribution in [1.29, 1.82) is 0 Å². The predicted octanol–water partition coefficient (Wildman–Crippen LogP) is 16.7. The number of hydrogen-bond acceptors (Lipinski definition) is 12. The minimum absolute atomic E-state index is 0. The first kappa shape index (κ1) is 86.7.